The average Bonchev–Trinajstić information content (AvgIpc) is 2.09. The molecule has 0 saturated heterocycles. The first-order valence-corrected chi connectivity index (χ1v) is 3.58. The van der Waals surface area contributed by atoms with Gasteiger partial charge in [-0.1, -0.05) is 0 Å². The predicted octanol–water partition coefficient (Wildman–Crippen LogP) is -1.88. The highest BCUT2D eigenvalue weighted by molar-refractivity contribution is 5.78. The van der Waals surface area contributed by atoms with Crippen molar-refractivity contribution in [2.24, 2.45) is 5.10 Å². The maximum atomic E-state index is 9.92. The Labute approximate surface area is 78.6 Å². The first-order chi connectivity index (χ1) is 6.56. The number of rotatable bonds is 5. The number of guanidine groups is 1. The minimum atomic E-state index is -0.875. The van der Waals surface area contributed by atoms with Crippen molar-refractivity contribution in [3.8, 4) is 0 Å². The molecule has 10 heteroatoms. The Bertz CT molecular complexity index is 240. The lowest BCUT2D eigenvalue weighted by Crippen LogP contribution is -2.40. The molecule has 0 unspecified atom stereocenters. The van der Waals surface area contributed by atoms with Crippen molar-refractivity contribution in [1.82, 2.24) is 16.1 Å². The monoisotopic (exact) mass is 206 g/mol. The van der Waals surface area contributed by atoms with E-state index in [1.807, 2.05) is 5.43 Å². The van der Waals surface area contributed by atoms with Gasteiger partial charge in [-0.05, 0) is 0 Å². The molecule has 14 heavy (non-hydrogen) atoms. The normalized spacial score (nSPS) is 10.5. The fourth-order valence-electron chi connectivity index (χ4n) is 0.583. The molecule has 0 heterocycles. The molecule has 10 nitrogen and oxygen atoms in total. The third kappa shape index (κ3) is 6.57. The van der Waals surface area contributed by atoms with Crippen molar-refractivity contribution in [2.75, 3.05) is 20.1 Å². The summed E-state index contributed by atoms with van der Waals surface area (Å²) in [5.74, 6) is -0.0554. The summed E-state index contributed by atoms with van der Waals surface area (Å²) >= 11 is 0. The molecule has 0 aromatic carbocycles. The fourth-order valence-corrected chi connectivity index (χ4v) is 0.583. The Hall–Kier alpha value is -2.13. The Morgan fingerprint density at radius 3 is 2.43 bits per heavy atom. The van der Waals surface area contributed by atoms with Gasteiger partial charge in [-0.25, -0.2) is 20.2 Å². The second-order valence-electron chi connectivity index (χ2n) is 2.03. The van der Waals surface area contributed by atoms with Crippen LogP contribution in [0.1, 0.15) is 0 Å². The number of nitro groups is 2. The summed E-state index contributed by atoms with van der Waals surface area (Å²) in [4.78, 5) is 19.7. The van der Waals surface area contributed by atoms with Gasteiger partial charge in [0.15, 0.2) is 10.1 Å². The SMILES string of the molecule is CN/C(=N\[N+](=O)[O-])NCCN[N+](=O)[O-]. The summed E-state index contributed by atoms with van der Waals surface area (Å²) in [6.07, 6.45) is 0. The molecule has 80 valence electrons. The molecular formula is C4H10N6O4. The number of nitrogens with one attached hydrogen (secondary N) is 3. The lowest BCUT2D eigenvalue weighted by molar-refractivity contribution is -0.543. The number of nitrogens with zero attached hydrogens (tertiary/aromatic N) is 3. The van der Waals surface area contributed by atoms with Gasteiger partial charge in [0.1, 0.15) is 5.10 Å². The molecule has 0 rings (SSSR count). The molecule has 0 aliphatic rings. The zero-order chi connectivity index (χ0) is 11.0. The highest BCUT2D eigenvalue weighted by atomic mass is 16.7. The topological polar surface area (TPSA) is 135 Å². The molecule has 0 aromatic heterocycles. The van der Waals surface area contributed by atoms with Crippen LogP contribution in [0.15, 0.2) is 5.10 Å². The quantitative estimate of drug-likeness (QED) is 0.157. The number of hydrogen-bond acceptors (Lipinski definition) is 4. The van der Waals surface area contributed by atoms with Gasteiger partial charge >= 0.3 is 0 Å². The van der Waals surface area contributed by atoms with Crippen molar-refractivity contribution >= 4 is 5.96 Å². The summed E-state index contributed by atoms with van der Waals surface area (Å²) < 4.78 is 0. The van der Waals surface area contributed by atoms with E-state index in [4.69, 9.17) is 0 Å². The summed E-state index contributed by atoms with van der Waals surface area (Å²) in [5, 5.41) is 26.0. The smallest absolute Gasteiger partial charge is 0.268 e. The van der Waals surface area contributed by atoms with Crippen LogP contribution in [0.5, 0.6) is 0 Å². The zero-order valence-electron chi connectivity index (χ0n) is 7.39. The maximum Gasteiger partial charge on any atom is 0.268 e. The van der Waals surface area contributed by atoms with E-state index in [-0.39, 0.29) is 19.0 Å². The van der Waals surface area contributed by atoms with Crippen LogP contribution in [0.25, 0.3) is 0 Å². The summed E-state index contributed by atoms with van der Waals surface area (Å²) in [6, 6.07) is 0. The van der Waals surface area contributed by atoms with E-state index >= 15 is 0 Å². The Morgan fingerprint density at radius 1 is 1.36 bits per heavy atom. The second-order valence-corrected chi connectivity index (χ2v) is 2.03. The summed E-state index contributed by atoms with van der Waals surface area (Å²) in [7, 11) is 1.44. The lowest BCUT2D eigenvalue weighted by atomic mass is 10.6. The third-order valence-corrected chi connectivity index (χ3v) is 1.08. The molecule has 0 spiro atoms. The fraction of sp³-hybridized carbons (Fsp3) is 0.750. The molecule has 0 aliphatic heterocycles. The highest BCUT2D eigenvalue weighted by Gasteiger charge is 2.01. The van der Waals surface area contributed by atoms with E-state index < -0.39 is 10.1 Å². The molecule has 0 radical (unpaired) electrons. The van der Waals surface area contributed by atoms with Crippen LogP contribution in [-0.4, -0.2) is 36.2 Å². The van der Waals surface area contributed by atoms with Gasteiger partial charge in [0.05, 0.1) is 6.54 Å². The number of hydrazine groups is 1. The van der Waals surface area contributed by atoms with Crippen LogP contribution < -0.4 is 16.1 Å². The predicted molar refractivity (Wildman–Crippen MR) is 46.5 cm³/mol. The van der Waals surface area contributed by atoms with Gasteiger partial charge in [-0.15, -0.1) is 5.43 Å². The molecule has 0 aromatic rings. The molecule has 0 fully saturated rings. The van der Waals surface area contributed by atoms with Crippen LogP contribution in [-0.2, 0) is 0 Å². The van der Waals surface area contributed by atoms with Crippen molar-refractivity contribution in [3.63, 3.8) is 0 Å². The molecule has 0 aliphatic carbocycles. The standard InChI is InChI=1S/C4H10N6O4/c1-5-4(8-10(13)14)6-2-3-7-9(11)12/h7H,2-3H2,1H3,(H2,5,6,8). The number of hydrogen-bond donors (Lipinski definition) is 3. The zero-order valence-corrected chi connectivity index (χ0v) is 7.39. The van der Waals surface area contributed by atoms with Crippen LogP contribution in [0.4, 0.5) is 0 Å². The van der Waals surface area contributed by atoms with Gasteiger partial charge in [0, 0.05) is 13.6 Å². The largest absolute Gasteiger partial charge is 0.354 e. The number of hydrazone groups is 1. The van der Waals surface area contributed by atoms with Crippen molar-refractivity contribution in [1.29, 1.82) is 0 Å². The summed E-state index contributed by atoms with van der Waals surface area (Å²) in [5.41, 5.74) is 1.89. The van der Waals surface area contributed by atoms with Crippen LogP contribution >= 0.6 is 0 Å². The van der Waals surface area contributed by atoms with Crippen molar-refractivity contribution < 1.29 is 10.1 Å². The first kappa shape index (κ1) is 11.9. The second kappa shape index (κ2) is 6.39. The van der Waals surface area contributed by atoms with E-state index in [0.717, 1.165) is 0 Å². The van der Waals surface area contributed by atoms with Crippen molar-refractivity contribution in [3.05, 3.63) is 20.2 Å². The van der Waals surface area contributed by atoms with Gasteiger partial charge in [0.2, 0.25) is 0 Å². The van der Waals surface area contributed by atoms with Crippen LogP contribution in [0.3, 0.4) is 0 Å². The molecule has 0 saturated carbocycles. The van der Waals surface area contributed by atoms with E-state index in [1.165, 1.54) is 7.05 Å². The lowest BCUT2D eigenvalue weighted by Gasteiger charge is -2.03. The van der Waals surface area contributed by atoms with Gasteiger partial charge in [-0.3, -0.25) is 0 Å². The van der Waals surface area contributed by atoms with E-state index in [2.05, 4.69) is 15.7 Å². The molecule has 0 amide bonds. The average molecular weight is 206 g/mol. The van der Waals surface area contributed by atoms with Gasteiger partial charge in [0.25, 0.3) is 5.96 Å². The highest BCUT2D eigenvalue weighted by Crippen LogP contribution is 1.71. The van der Waals surface area contributed by atoms with E-state index in [0.29, 0.717) is 0 Å². The molecule has 0 bridgehead atoms. The van der Waals surface area contributed by atoms with Crippen LogP contribution in [0, 0.1) is 20.2 Å². The summed E-state index contributed by atoms with van der Waals surface area (Å²) in [6.45, 7) is 0.180. The molecule has 0 atom stereocenters. The third-order valence-electron chi connectivity index (χ3n) is 1.08. The van der Waals surface area contributed by atoms with Crippen molar-refractivity contribution in [2.45, 2.75) is 0 Å². The maximum absolute atomic E-state index is 9.92. The molecular weight excluding hydrogens is 196 g/mol. The Kier molecular flexibility index (Phi) is 5.42. The van der Waals surface area contributed by atoms with E-state index in [9.17, 15) is 20.2 Å². The van der Waals surface area contributed by atoms with Crippen LogP contribution in [0.2, 0.25) is 0 Å². The minimum Gasteiger partial charge on any atom is -0.354 e. The van der Waals surface area contributed by atoms with Gasteiger partial charge in [-0.2, -0.15) is 0 Å². The minimum absolute atomic E-state index is 0.0331. The Balaban J connectivity index is 3.74. The molecule has 3 N–H and O–H groups in total. The van der Waals surface area contributed by atoms with E-state index in [1.54, 1.807) is 0 Å². The first-order valence-electron chi connectivity index (χ1n) is 3.58. The van der Waals surface area contributed by atoms with Gasteiger partial charge < -0.3 is 10.6 Å². The Morgan fingerprint density at radius 2 is 2.00 bits per heavy atom.